The monoisotopic (exact) mass is 273 g/mol. The van der Waals surface area contributed by atoms with E-state index in [1.165, 1.54) is 0 Å². The lowest BCUT2D eigenvalue weighted by atomic mass is 10.0. The minimum atomic E-state index is -0.0930. The molecule has 0 saturated heterocycles. The summed E-state index contributed by atoms with van der Waals surface area (Å²) in [4.78, 5) is 0. The number of nitrogens with two attached hydrogens (primary N) is 1. The van der Waals surface area contributed by atoms with Crippen molar-refractivity contribution in [3.8, 4) is 5.75 Å². The summed E-state index contributed by atoms with van der Waals surface area (Å²) in [7, 11) is 1.63. The van der Waals surface area contributed by atoms with E-state index in [2.05, 4.69) is 15.9 Å². The van der Waals surface area contributed by atoms with Crippen LogP contribution in [0.2, 0.25) is 0 Å². The molecular formula is C11H16BrNO2. The Hall–Kier alpha value is -0.580. The largest absolute Gasteiger partial charge is 0.496 e. The number of halogens is 1. The van der Waals surface area contributed by atoms with Crippen molar-refractivity contribution in [1.29, 1.82) is 0 Å². The van der Waals surface area contributed by atoms with Crippen LogP contribution in [0.5, 0.6) is 5.75 Å². The number of rotatable bonds is 5. The molecule has 1 aromatic rings. The fourth-order valence-corrected chi connectivity index (χ4v) is 1.84. The van der Waals surface area contributed by atoms with Gasteiger partial charge >= 0.3 is 0 Å². The molecule has 4 heteroatoms. The van der Waals surface area contributed by atoms with Crippen LogP contribution in [0.15, 0.2) is 22.7 Å². The Labute approximate surface area is 98.4 Å². The van der Waals surface area contributed by atoms with Crippen molar-refractivity contribution in [2.24, 2.45) is 5.73 Å². The first-order chi connectivity index (χ1) is 7.19. The van der Waals surface area contributed by atoms with Gasteiger partial charge in [0.05, 0.1) is 7.11 Å². The topological polar surface area (TPSA) is 55.5 Å². The predicted molar refractivity (Wildman–Crippen MR) is 63.9 cm³/mol. The van der Waals surface area contributed by atoms with E-state index < -0.39 is 0 Å². The molecule has 1 rings (SSSR count). The van der Waals surface area contributed by atoms with E-state index in [0.717, 1.165) is 22.2 Å². The average molecular weight is 274 g/mol. The van der Waals surface area contributed by atoms with Crippen LogP contribution in [-0.4, -0.2) is 18.8 Å². The van der Waals surface area contributed by atoms with E-state index in [-0.39, 0.29) is 12.6 Å². The van der Waals surface area contributed by atoms with Gasteiger partial charge in [-0.05, 0) is 31.0 Å². The summed E-state index contributed by atoms with van der Waals surface area (Å²) in [6.07, 6.45) is 1.46. The van der Waals surface area contributed by atoms with Gasteiger partial charge in [0.15, 0.2) is 0 Å². The molecule has 0 spiro atoms. The molecule has 0 aliphatic rings. The Kier molecular flexibility index (Phi) is 5.08. The number of ether oxygens (including phenoxy) is 1. The summed E-state index contributed by atoms with van der Waals surface area (Å²) in [5, 5.41) is 8.75. The first-order valence-corrected chi connectivity index (χ1v) is 5.68. The van der Waals surface area contributed by atoms with Gasteiger partial charge in [-0.3, -0.25) is 0 Å². The molecule has 1 atom stereocenters. The van der Waals surface area contributed by atoms with E-state index >= 15 is 0 Å². The summed E-state index contributed by atoms with van der Waals surface area (Å²) in [5.41, 5.74) is 6.99. The van der Waals surface area contributed by atoms with E-state index in [9.17, 15) is 0 Å². The van der Waals surface area contributed by atoms with Gasteiger partial charge < -0.3 is 15.6 Å². The maximum absolute atomic E-state index is 8.75. The van der Waals surface area contributed by atoms with Gasteiger partial charge in [0.2, 0.25) is 0 Å². The fourth-order valence-electron chi connectivity index (χ4n) is 1.46. The zero-order chi connectivity index (χ0) is 11.3. The molecule has 1 aromatic carbocycles. The highest BCUT2D eigenvalue weighted by molar-refractivity contribution is 9.10. The Morgan fingerprint density at radius 3 is 2.87 bits per heavy atom. The normalized spacial score (nSPS) is 12.5. The Morgan fingerprint density at radius 1 is 1.53 bits per heavy atom. The fraction of sp³-hybridized carbons (Fsp3) is 0.455. The highest BCUT2D eigenvalue weighted by Gasteiger charge is 2.11. The minimum absolute atomic E-state index is 0.0930. The number of hydrogen-bond donors (Lipinski definition) is 2. The zero-order valence-electron chi connectivity index (χ0n) is 8.74. The quantitative estimate of drug-likeness (QED) is 0.865. The molecule has 0 aliphatic carbocycles. The third-order valence-electron chi connectivity index (χ3n) is 2.26. The molecule has 0 aromatic heterocycles. The lowest BCUT2D eigenvalue weighted by molar-refractivity contribution is 0.279. The summed E-state index contributed by atoms with van der Waals surface area (Å²) in [5.74, 6) is 0.795. The van der Waals surface area contributed by atoms with Crippen LogP contribution in [0.1, 0.15) is 24.4 Å². The van der Waals surface area contributed by atoms with Gasteiger partial charge in [0, 0.05) is 22.7 Å². The number of aliphatic hydroxyl groups is 1. The summed E-state index contributed by atoms with van der Waals surface area (Å²) < 4.78 is 6.22. The average Bonchev–Trinajstić information content (AvgIpc) is 2.25. The minimum Gasteiger partial charge on any atom is -0.496 e. The molecule has 0 heterocycles. The van der Waals surface area contributed by atoms with Crippen LogP contribution in [0.4, 0.5) is 0 Å². The van der Waals surface area contributed by atoms with Crippen molar-refractivity contribution in [2.75, 3.05) is 13.7 Å². The van der Waals surface area contributed by atoms with Gasteiger partial charge in [-0.25, -0.2) is 0 Å². The van der Waals surface area contributed by atoms with Crippen LogP contribution in [0.25, 0.3) is 0 Å². The van der Waals surface area contributed by atoms with Gasteiger partial charge in [0.1, 0.15) is 5.75 Å². The van der Waals surface area contributed by atoms with Crippen LogP contribution in [0.3, 0.4) is 0 Å². The Morgan fingerprint density at radius 2 is 2.27 bits per heavy atom. The standard InChI is InChI=1S/C11H16BrNO2/c1-15-11-5-4-8(12)7-9(11)10(13)3-2-6-14/h4-5,7,10,14H,2-3,6,13H2,1H3/t10-/m0/s1. The maximum Gasteiger partial charge on any atom is 0.123 e. The number of methoxy groups -OCH3 is 1. The summed E-state index contributed by atoms with van der Waals surface area (Å²) in [6, 6.07) is 5.67. The van der Waals surface area contributed by atoms with Crippen molar-refractivity contribution in [1.82, 2.24) is 0 Å². The van der Waals surface area contributed by atoms with Crippen LogP contribution >= 0.6 is 15.9 Å². The number of aliphatic hydroxyl groups excluding tert-OH is 1. The zero-order valence-corrected chi connectivity index (χ0v) is 10.3. The Balaban J connectivity index is 2.85. The van der Waals surface area contributed by atoms with Crippen molar-refractivity contribution in [3.63, 3.8) is 0 Å². The highest BCUT2D eigenvalue weighted by atomic mass is 79.9. The molecule has 15 heavy (non-hydrogen) atoms. The SMILES string of the molecule is COc1ccc(Br)cc1[C@@H](N)CCCO. The van der Waals surface area contributed by atoms with Crippen LogP contribution in [0, 0.1) is 0 Å². The molecule has 0 radical (unpaired) electrons. The van der Waals surface area contributed by atoms with E-state index in [1.54, 1.807) is 7.11 Å². The molecule has 0 aliphatic heterocycles. The summed E-state index contributed by atoms with van der Waals surface area (Å²) >= 11 is 3.40. The molecule has 0 bridgehead atoms. The first-order valence-electron chi connectivity index (χ1n) is 4.89. The molecule has 3 N–H and O–H groups in total. The predicted octanol–water partition coefficient (Wildman–Crippen LogP) is 2.23. The first kappa shape index (κ1) is 12.5. The third kappa shape index (κ3) is 3.48. The van der Waals surface area contributed by atoms with E-state index in [4.69, 9.17) is 15.6 Å². The van der Waals surface area contributed by atoms with Crippen molar-refractivity contribution >= 4 is 15.9 Å². The van der Waals surface area contributed by atoms with Crippen molar-refractivity contribution < 1.29 is 9.84 Å². The second kappa shape index (κ2) is 6.10. The highest BCUT2D eigenvalue weighted by Crippen LogP contribution is 2.29. The van der Waals surface area contributed by atoms with Crippen molar-refractivity contribution in [2.45, 2.75) is 18.9 Å². The molecule has 0 fully saturated rings. The van der Waals surface area contributed by atoms with Gasteiger partial charge in [-0.2, -0.15) is 0 Å². The van der Waals surface area contributed by atoms with Gasteiger partial charge in [-0.1, -0.05) is 15.9 Å². The molecule has 3 nitrogen and oxygen atoms in total. The van der Waals surface area contributed by atoms with Crippen LogP contribution in [-0.2, 0) is 0 Å². The van der Waals surface area contributed by atoms with Crippen LogP contribution < -0.4 is 10.5 Å². The lowest BCUT2D eigenvalue weighted by Gasteiger charge is -2.15. The summed E-state index contributed by atoms with van der Waals surface area (Å²) in [6.45, 7) is 0.171. The van der Waals surface area contributed by atoms with Gasteiger partial charge in [-0.15, -0.1) is 0 Å². The Bertz CT molecular complexity index is 317. The third-order valence-corrected chi connectivity index (χ3v) is 2.76. The second-order valence-electron chi connectivity index (χ2n) is 3.36. The smallest absolute Gasteiger partial charge is 0.123 e. The van der Waals surface area contributed by atoms with Gasteiger partial charge in [0.25, 0.3) is 0 Å². The van der Waals surface area contributed by atoms with E-state index in [0.29, 0.717) is 6.42 Å². The second-order valence-corrected chi connectivity index (χ2v) is 4.27. The van der Waals surface area contributed by atoms with Crippen molar-refractivity contribution in [3.05, 3.63) is 28.2 Å². The maximum atomic E-state index is 8.75. The molecule has 0 unspecified atom stereocenters. The molecular weight excluding hydrogens is 258 g/mol. The number of hydrogen-bond acceptors (Lipinski definition) is 3. The molecule has 84 valence electrons. The molecule has 0 saturated carbocycles. The number of benzene rings is 1. The molecule has 0 amide bonds. The lowest BCUT2D eigenvalue weighted by Crippen LogP contribution is -2.12. The van der Waals surface area contributed by atoms with E-state index in [1.807, 2.05) is 18.2 Å².